The quantitative estimate of drug-likeness (QED) is 0.751. The summed E-state index contributed by atoms with van der Waals surface area (Å²) in [6.07, 6.45) is 3.13. The van der Waals surface area contributed by atoms with Gasteiger partial charge in [-0.2, -0.15) is 9.37 Å². The minimum atomic E-state index is -0.503. The maximum atomic E-state index is 13.0. The number of hydrogen-bond acceptors (Lipinski definition) is 2. The van der Waals surface area contributed by atoms with Gasteiger partial charge in [0.1, 0.15) is 6.10 Å². The summed E-state index contributed by atoms with van der Waals surface area (Å²) in [6.45, 7) is 0. The van der Waals surface area contributed by atoms with Gasteiger partial charge in [-0.3, -0.25) is 0 Å². The van der Waals surface area contributed by atoms with Gasteiger partial charge in [0, 0.05) is 6.07 Å². The third-order valence-corrected chi connectivity index (χ3v) is 3.27. The van der Waals surface area contributed by atoms with Crippen LogP contribution in [0.1, 0.15) is 30.1 Å². The third-order valence-electron chi connectivity index (χ3n) is 3.27. The SMILES string of the molecule is Fc1cccc(OC2CCCc3ccccc32)n1. The number of aryl methyl sites for hydroxylation is 1. The maximum Gasteiger partial charge on any atom is 0.216 e. The Hall–Kier alpha value is -1.90. The van der Waals surface area contributed by atoms with Gasteiger partial charge in [-0.05, 0) is 36.5 Å². The molecule has 18 heavy (non-hydrogen) atoms. The summed E-state index contributed by atoms with van der Waals surface area (Å²) < 4.78 is 18.8. The molecule has 0 saturated carbocycles. The summed E-state index contributed by atoms with van der Waals surface area (Å²) in [7, 11) is 0. The number of rotatable bonds is 2. The lowest BCUT2D eigenvalue weighted by atomic mass is 9.89. The van der Waals surface area contributed by atoms with E-state index in [2.05, 4.69) is 17.1 Å². The first kappa shape index (κ1) is 11.2. The van der Waals surface area contributed by atoms with Crippen LogP contribution in [-0.4, -0.2) is 4.98 Å². The van der Waals surface area contributed by atoms with Gasteiger partial charge >= 0.3 is 0 Å². The van der Waals surface area contributed by atoms with E-state index >= 15 is 0 Å². The van der Waals surface area contributed by atoms with Crippen LogP contribution >= 0.6 is 0 Å². The van der Waals surface area contributed by atoms with Gasteiger partial charge in [0.05, 0.1) is 0 Å². The molecule has 3 heteroatoms. The Morgan fingerprint density at radius 3 is 2.89 bits per heavy atom. The van der Waals surface area contributed by atoms with Gasteiger partial charge < -0.3 is 4.74 Å². The molecule has 1 aliphatic rings. The van der Waals surface area contributed by atoms with E-state index in [1.165, 1.54) is 17.2 Å². The highest BCUT2D eigenvalue weighted by Crippen LogP contribution is 2.32. The largest absolute Gasteiger partial charge is 0.469 e. The molecule has 0 aliphatic heterocycles. The number of benzene rings is 1. The number of halogens is 1. The molecule has 0 saturated heterocycles. The van der Waals surface area contributed by atoms with Crippen LogP contribution in [0, 0.1) is 5.95 Å². The van der Waals surface area contributed by atoms with E-state index in [1.807, 2.05) is 12.1 Å². The Balaban J connectivity index is 1.86. The highest BCUT2D eigenvalue weighted by Gasteiger charge is 2.21. The number of nitrogens with zero attached hydrogens (tertiary/aromatic N) is 1. The smallest absolute Gasteiger partial charge is 0.216 e. The Morgan fingerprint density at radius 1 is 1.11 bits per heavy atom. The molecule has 0 bridgehead atoms. The molecule has 1 aromatic carbocycles. The van der Waals surface area contributed by atoms with Crippen LogP contribution in [0.2, 0.25) is 0 Å². The van der Waals surface area contributed by atoms with Crippen molar-refractivity contribution in [2.75, 3.05) is 0 Å². The molecule has 1 aromatic heterocycles. The van der Waals surface area contributed by atoms with E-state index in [9.17, 15) is 4.39 Å². The fraction of sp³-hybridized carbons (Fsp3) is 0.267. The molecule has 1 heterocycles. The summed E-state index contributed by atoms with van der Waals surface area (Å²) in [5.74, 6) is -0.145. The van der Waals surface area contributed by atoms with Crippen molar-refractivity contribution in [1.82, 2.24) is 4.98 Å². The third kappa shape index (κ3) is 2.21. The summed E-state index contributed by atoms with van der Waals surface area (Å²) >= 11 is 0. The normalized spacial score (nSPS) is 18.2. The van der Waals surface area contributed by atoms with Crippen molar-refractivity contribution < 1.29 is 9.13 Å². The van der Waals surface area contributed by atoms with Gasteiger partial charge in [0.2, 0.25) is 11.8 Å². The van der Waals surface area contributed by atoms with E-state index in [0.29, 0.717) is 5.88 Å². The van der Waals surface area contributed by atoms with E-state index in [1.54, 1.807) is 12.1 Å². The van der Waals surface area contributed by atoms with Crippen LogP contribution < -0.4 is 4.74 Å². The molecule has 2 nitrogen and oxygen atoms in total. The topological polar surface area (TPSA) is 22.1 Å². The molecule has 92 valence electrons. The first-order chi connectivity index (χ1) is 8.83. The predicted molar refractivity (Wildman–Crippen MR) is 66.9 cm³/mol. The molecule has 1 unspecified atom stereocenters. The molecule has 1 aliphatic carbocycles. The Morgan fingerprint density at radius 2 is 2.00 bits per heavy atom. The van der Waals surface area contributed by atoms with Crippen LogP contribution in [0.5, 0.6) is 5.88 Å². The number of aromatic nitrogens is 1. The van der Waals surface area contributed by atoms with Crippen molar-refractivity contribution in [1.29, 1.82) is 0 Å². The van der Waals surface area contributed by atoms with Crippen LogP contribution in [0.25, 0.3) is 0 Å². The van der Waals surface area contributed by atoms with Gasteiger partial charge in [-0.25, -0.2) is 0 Å². The van der Waals surface area contributed by atoms with E-state index < -0.39 is 5.95 Å². The van der Waals surface area contributed by atoms with Crippen molar-refractivity contribution >= 4 is 0 Å². The zero-order valence-electron chi connectivity index (χ0n) is 9.97. The van der Waals surface area contributed by atoms with Crippen LogP contribution in [0.3, 0.4) is 0 Å². The van der Waals surface area contributed by atoms with Gasteiger partial charge in [-0.1, -0.05) is 30.3 Å². The van der Waals surface area contributed by atoms with Crippen molar-refractivity contribution in [3.05, 3.63) is 59.5 Å². The minimum Gasteiger partial charge on any atom is -0.469 e. The lowest BCUT2D eigenvalue weighted by Crippen LogP contribution is -2.15. The average molecular weight is 243 g/mol. The Bertz CT molecular complexity index is 556. The highest BCUT2D eigenvalue weighted by atomic mass is 19.1. The van der Waals surface area contributed by atoms with Crippen LogP contribution in [-0.2, 0) is 6.42 Å². The van der Waals surface area contributed by atoms with E-state index in [-0.39, 0.29) is 6.10 Å². The van der Waals surface area contributed by atoms with Crippen molar-refractivity contribution in [3.63, 3.8) is 0 Å². The summed E-state index contributed by atoms with van der Waals surface area (Å²) in [4.78, 5) is 3.75. The van der Waals surface area contributed by atoms with Crippen molar-refractivity contribution in [2.24, 2.45) is 0 Å². The molecule has 0 fully saturated rings. The molecule has 0 spiro atoms. The molecule has 2 aromatic rings. The zero-order chi connectivity index (χ0) is 12.4. The second-order valence-corrected chi connectivity index (χ2v) is 4.50. The van der Waals surface area contributed by atoms with Crippen LogP contribution in [0.15, 0.2) is 42.5 Å². The summed E-state index contributed by atoms with van der Waals surface area (Å²) in [6, 6.07) is 12.9. The molecular formula is C15H14FNO. The molecule has 0 radical (unpaired) electrons. The van der Waals surface area contributed by atoms with Crippen molar-refractivity contribution in [2.45, 2.75) is 25.4 Å². The van der Waals surface area contributed by atoms with Crippen molar-refractivity contribution in [3.8, 4) is 5.88 Å². The highest BCUT2D eigenvalue weighted by molar-refractivity contribution is 5.32. The maximum absolute atomic E-state index is 13.0. The summed E-state index contributed by atoms with van der Waals surface area (Å²) in [5, 5.41) is 0. The first-order valence-electron chi connectivity index (χ1n) is 6.20. The number of fused-ring (bicyclic) bond motifs is 1. The second-order valence-electron chi connectivity index (χ2n) is 4.50. The Kier molecular flexibility index (Phi) is 2.97. The molecular weight excluding hydrogens is 229 g/mol. The molecule has 0 amide bonds. The van der Waals surface area contributed by atoms with Gasteiger partial charge in [0.25, 0.3) is 0 Å². The predicted octanol–water partition coefficient (Wildman–Crippen LogP) is 3.68. The number of ether oxygens (including phenoxy) is 1. The van der Waals surface area contributed by atoms with Gasteiger partial charge in [-0.15, -0.1) is 0 Å². The number of pyridine rings is 1. The standard InChI is InChI=1S/C15H14FNO/c16-14-9-4-10-15(17-14)18-13-8-3-6-11-5-1-2-7-12(11)13/h1-2,4-5,7,9-10,13H,3,6,8H2. The fourth-order valence-electron chi connectivity index (χ4n) is 2.43. The second kappa shape index (κ2) is 4.77. The molecule has 0 N–H and O–H groups in total. The van der Waals surface area contributed by atoms with E-state index in [4.69, 9.17) is 4.74 Å². The Labute approximate surface area is 105 Å². The minimum absolute atomic E-state index is 0.00995. The molecule has 3 rings (SSSR count). The molecule has 1 atom stereocenters. The van der Waals surface area contributed by atoms with Gasteiger partial charge in [0.15, 0.2) is 0 Å². The fourth-order valence-corrected chi connectivity index (χ4v) is 2.43. The lowest BCUT2D eigenvalue weighted by Gasteiger charge is -2.25. The first-order valence-corrected chi connectivity index (χ1v) is 6.20. The summed E-state index contributed by atoms with van der Waals surface area (Å²) in [5.41, 5.74) is 2.53. The number of hydrogen-bond donors (Lipinski definition) is 0. The monoisotopic (exact) mass is 243 g/mol. The lowest BCUT2D eigenvalue weighted by molar-refractivity contribution is 0.174. The zero-order valence-corrected chi connectivity index (χ0v) is 9.97. The van der Waals surface area contributed by atoms with Crippen LogP contribution in [0.4, 0.5) is 4.39 Å². The average Bonchev–Trinajstić information content (AvgIpc) is 2.39. The van der Waals surface area contributed by atoms with E-state index in [0.717, 1.165) is 19.3 Å².